The van der Waals surface area contributed by atoms with E-state index in [9.17, 15) is 0 Å². The van der Waals surface area contributed by atoms with Crippen LogP contribution in [0.4, 0.5) is 0 Å². The van der Waals surface area contributed by atoms with E-state index < -0.39 is 0 Å². The van der Waals surface area contributed by atoms with Gasteiger partial charge in [-0.05, 0) is 6.07 Å². The highest BCUT2D eigenvalue weighted by molar-refractivity contribution is 7.00. The van der Waals surface area contributed by atoms with E-state index in [2.05, 4.69) is 13.7 Å². The highest BCUT2D eigenvalue weighted by Crippen LogP contribution is 2.17. The van der Waals surface area contributed by atoms with E-state index in [0.717, 1.165) is 17.2 Å². The van der Waals surface area contributed by atoms with Gasteiger partial charge in [0.05, 0.1) is 11.7 Å². The van der Waals surface area contributed by atoms with Crippen LogP contribution in [-0.4, -0.2) is 13.7 Å². The summed E-state index contributed by atoms with van der Waals surface area (Å²) in [5.41, 5.74) is 1.50. The van der Waals surface area contributed by atoms with Gasteiger partial charge in [0.1, 0.15) is 11.0 Å². The van der Waals surface area contributed by atoms with Gasteiger partial charge >= 0.3 is 0 Å². The van der Waals surface area contributed by atoms with Crippen LogP contribution in [0.25, 0.3) is 11.0 Å². The molecule has 0 N–H and O–H groups in total. The van der Waals surface area contributed by atoms with E-state index in [1.807, 2.05) is 0 Å². The number of rotatable bonds is 0. The minimum atomic E-state index is 0.422. The minimum Gasteiger partial charge on any atom is -0.242 e. The van der Waals surface area contributed by atoms with Crippen molar-refractivity contribution in [3.05, 3.63) is 17.4 Å². The normalized spacial score (nSPS) is 10.5. The van der Waals surface area contributed by atoms with E-state index in [0.29, 0.717) is 10.7 Å². The average molecular weight is 172 g/mol. The summed E-state index contributed by atoms with van der Waals surface area (Å²) in [5.74, 6) is 0. The van der Waals surface area contributed by atoms with Crippen molar-refractivity contribution in [2.24, 2.45) is 0 Å². The first-order chi connectivity index (χ1) is 4.88. The van der Waals surface area contributed by atoms with Crippen molar-refractivity contribution in [3.8, 4) is 0 Å². The monoisotopic (exact) mass is 171 g/mol. The summed E-state index contributed by atoms with van der Waals surface area (Å²) in [4.78, 5) is 3.85. The highest BCUT2D eigenvalue weighted by Gasteiger charge is 2.01. The molecule has 0 aliphatic rings. The van der Waals surface area contributed by atoms with E-state index in [1.165, 1.54) is 0 Å². The van der Waals surface area contributed by atoms with Gasteiger partial charge in [-0.3, -0.25) is 0 Å². The molecular formula is C5H2ClN3S. The maximum atomic E-state index is 5.69. The maximum Gasteiger partial charge on any atom is 0.158 e. The van der Waals surface area contributed by atoms with Crippen molar-refractivity contribution in [3.63, 3.8) is 0 Å². The molecule has 0 aliphatic carbocycles. The first-order valence-electron chi connectivity index (χ1n) is 2.61. The molecule has 0 bridgehead atoms. The van der Waals surface area contributed by atoms with Crippen molar-refractivity contribution in [1.82, 2.24) is 13.7 Å². The predicted octanol–water partition coefficient (Wildman–Crippen LogP) is 1.74. The molecule has 5 heteroatoms. The van der Waals surface area contributed by atoms with Crippen LogP contribution in [0.2, 0.25) is 5.15 Å². The third-order valence-electron chi connectivity index (χ3n) is 1.13. The summed E-state index contributed by atoms with van der Waals surface area (Å²) >= 11 is 6.83. The zero-order valence-corrected chi connectivity index (χ0v) is 6.35. The molecule has 0 atom stereocenters. The molecule has 0 amide bonds. The SMILES string of the molecule is Clc1nccc2nsnc12. The van der Waals surface area contributed by atoms with Gasteiger partial charge in [0.15, 0.2) is 5.15 Å². The summed E-state index contributed by atoms with van der Waals surface area (Å²) in [6.45, 7) is 0. The number of aromatic nitrogens is 3. The predicted molar refractivity (Wildman–Crippen MR) is 40.2 cm³/mol. The van der Waals surface area contributed by atoms with Gasteiger partial charge in [-0.15, -0.1) is 0 Å². The van der Waals surface area contributed by atoms with Crippen LogP contribution in [0, 0.1) is 0 Å². The Morgan fingerprint density at radius 1 is 1.40 bits per heavy atom. The number of pyridine rings is 1. The lowest BCUT2D eigenvalue weighted by Gasteiger charge is -1.85. The van der Waals surface area contributed by atoms with E-state index in [1.54, 1.807) is 12.3 Å². The van der Waals surface area contributed by atoms with Gasteiger partial charge in [0.25, 0.3) is 0 Å². The van der Waals surface area contributed by atoms with Crippen molar-refractivity contribution in [2.45, 2.75) is 0 Å². The molecule has 0 spiro atoms. The third-order valence-corrected chi connectivity index (χ3v) is 1.95. The fourth-order valence-electron chi connectivity index (χ4n) is 0.682. The van der Waals surface area contributed by atoms with Crippen LogP contribution in [0.1, 0.15) is 0 Å². The Bertz CT molecular complexity index is 358. The first kappa shape index (κ1) is 6.00. The van der Waals surface area contributed by atoms with Crippen LogP contribution >= 0.6 is 23.3 Å². The zero-order valence-electron chi connectivity index (χ0n) is 4.78. The number of halogens is 1. The molecule has 2 aromatic rings. The highest BCUT2D eigenvalue weighted by atomic mass is 35.5. The van der Waals surface area contributed by atoms with E-state index in [-0.39, 0.29) is 0 Å². The lowest BCUT2D eigenvalue weighted by Crippen LogP contribution is -1.74. The quantitative estimate of drug-likeness (QED) is 0.567. The Hall–Kier alpha value is -0.740. The molecule has 50 valence electrons. The second-order valence-corrected chi connectivity index (χ2v) is 2.62. The molecule has 0 saturated heterocycles. The van der Waals surface area contributed by atoms with Crippen molar-refractivity contribution in [1.29, 1.82) is 0 Å². The van der Waals surface area contributed by atoms with Crippen LogP contribution in [-0.2, 0) is 0 Å². The summed E-state index contributed by atoms with van der Waals surface area (Å²) in [7, 11) is 0. The van der Waals surface area contributed by atoms with Crippen LogP contribution < -0.4 is 0 Å². The topological polar surface area (TPSA) is 38.7 Å². The lowest BCUT2D eigenvalue weighted by molar-refractivity contribution is 1.35. The standard InChI is InChI=1S/C5H2ClN3S/c6-5-4-3(1-2-7-5)8-10-9-4/h1-2H. The van der Waals surface area contributed by atoms with Gasteiger partial charge < -0.3 is 0 Å². The molecule has 2 aromatic heterocycles. The summed E-state index contributed by atoms with van der Waals surface area (Å²) in [6, 6.07) is 1.78. The first-order valence-corrected chi connectivity index (χ1v) is 3.71. The van der Waals surface area contributed by atoms with Gasteiger partial charge in [-0.25, -0.2) is 4.98 Å². The van der Waals surface area contributed by atoms with Crippen molar-refractivity contribution in [2.75, 3.05) is 0 Å². The fraction of sp³-hybridized carbons (Fsp3) is 0. The molecule has 0 saturated carbocycles. The molecular weight excluding hydrogens is 170 g/mol. The second kappa shape index (κ2) is 2.14. The smallest absolute Gasteiger partial charge is 0.158 e. The second-order valence-electron chi connectivity index (χ2n) is 1.73. The molecule has 0 aliphatic heterocycles. The Kier molecular flexibility index (Phi) is 1.28. The van der Waals surface area contributed by atoms with Gasteiger partial charge in [0.2, 0.25) is 0 Å². The fourth-order valence-corrected chi connectivity index (χ4v) is 1.47. The Balaban J connectivity index is 2.95. The van der Waals surface area contributed by atoms with Gasteiger partial charge in [-0.2, -0.15) is 8.75 Å². The molecule has 3 nitrogen and oxygen atoms in total. The molecule has 10 heavy (non-hydrogen) atoms. The molecule has 0 unspecified atom stereocenters. The maximum absolute atomic E-state index is 5.69. The Labute approximate surface area is 66.0 Å². The Morgan fingerprint density at radius 2 is 2.30 bits per heavy atom. The number of hydrogen-bond donors (Lipinski definition) is 0. The van der Waals surface area contributed by atoms with Crippen LogP contribution in [0.3, 0.4) is 0 Å². The molecule has 0 aromatic carbocycles. The molecule has 0 radical (unpaired) electrons. The van der Waals surface area contributed by atoms with Crippen LogP contribution in [0.5, 0.6) is 0 Å². The van der Waals surface area contributed by atoms with Gasteiger partial charge in [0, 0.05) is 6.20 Å². The number of nitrogens with zero attached hydrogens (tertiary/aromatic N) is 3. The van der Waals surface area contributed by atoms with Gasteiger partial charge in [-0.1, -0.05) is 11.6 Å². The lowest BCUT2D eigenvalue weighted by atomic mass is 10.4. The van der Waals surface area contributed by atoms with Crippen LogP contribution in [0.15, 0.2) is 12.3 Å². The van der Waals surface area contributed by atoms with Crippen molar-refractivity contribution < 1.29 is 0 Å². The average Bonchev–Trinajstić information content (AvgIpc) is 2.36. The summed E-state index contributed by atoms with van der Waals surface area (Å²) < 4.78 is 7.94. The number of hydrogen-bond acceptors (Lipinski definition) is 4. The minimum absolute atomic E-state index is 0.422. The molecule has 0 fully saturated rings. The summed E-state index contributed by atoms with van der Waals surface area (Å²) in [6.07, 6.45) is 1.62. The number of fused-ring (bicyclic) bond motifs is 1. The summed E-state index contributed by atoms with van der Waals surface area (Å²) in [5, 5.41) is 0.422. The van der Waals surface area contributed by atoms with Crippen molar-refractivity contribution >= 4 is 34.4 Å². The van der Waals surface area contributed by atoms with E-state index >= 15 is 0 Å². The Morgan fingerprint density at radius 3 is 3.10 bits per heavy atom. The van der Waals surface area contributed by atoms with E-state index in [4.69, 9.17) is 11.6 Å². The molecule has 2 rings (SSSR count). The zero-order chi connectivity index (χ0) is 6.97. The third kappa shape index (κ3) is 0.767. The largest absolute Gasteiger partial charge is 0.242 e. The molecule has 2 heterocycles.